The molecule has 0 aliphatic rings. The molecule has 0 aliphatic carbocycles. The summed E-state index contributed by atoms with van der Waals surface area (Å²) in [7, 11) is 1.72. The number of aromatic nitrogens is 1. The first-order chi connectivity index (χ1) is 7.13. The molecule has 0 unspecified atom stereocenters. The highest BCUT2D eigenvalue weighted by atomic mass is 19.1. The Bertz CT molecular complexity index is 343. The van der Waals surface area contributed by atoms with Crippen LogP contribution in [0.5, 0.6) is 0 Å². The predicted octanol–water partition coefficient (Wildman–Crippen LogP) is 1.11. The number of nitrogens with zero attached hydrogens (tertiary/aromatic N) is 2. The van der Waals surface area contributed by atoms with E-state index in [1.54, 1.807) is 18.0 Å². The second-order valence-electron chi connectivity index (χ2n) is 3.13. The summed E-state index contributed by atoms with van der Waals surface area (Å²) in [5, 5.41) is 2.83. The summed E-state index contributed by atoms with van der Waals surface area (Å²) in [5.41, 5.74) is 0.556. The van der Waals surface area contributed by atoms with Gasteiger partial charge >= 0.3 is 0 Å². The van der Waals surface area contributed by atoms with Crippen molar-refractivity contribution in [2.24, 2.45) is 0 Å². The highest BCUT2D eigenvalue weighted by Gasteiger charge is 2.05. The van der Waals surface area contributed by atoms with E-state index in [0.29, 0.717) is 12.2 Å². The van der Waals surface area contributed by atoms with Gasteiger partial charge in [-0.25, -0.2) is 4.98 Å². The average molecular weight is 211 g/mol. The maximum Gasteiger partial charge on any atom is 0.241 e. The molecule has 0 bridgehead atoms. The maximum absolute atomic E-state index is 12.7. The Morgan fingerprint density at radius 1 is 1.67 bits per heavy atom. The van der Waals surface area contributed by atoms with Gasteiger partial charge in [-0.1, -0.05) is 0 Å². The molecule has 0 fully saturated rings. The molecule has 1 aromatic rings. The van der Waals surface area contributed by atoms with Gasteiger partial charge in [0.05, 0.1) is 6.54 Å². The predicted molar refractivity (Wildman–Crippen MR) is 56.0 cm³/mol. The van der Waals surface area contributed by atoms with Gasteiger partial charge in [-0.2, -0.15) is 4.39 Å². The van der Waals surface area contributed by atoms with Crippen molar-refractivity contribution in [1.82, 2.24) is 9.88 Å². The zero-order chi connectivity index (χ0) is 11.3. The molecule has 1 heterocycles. The summed E-state index contributed by atoms with van der Waals surface area (Å²) in [6.07, 6.45) is 1.35. The van der Waals surface area contributed by atoms with E-state index in [-0.39, 0.29) is 12.5 Å². The summed E-state index contributed by atoms with van der Waals surface area (Å²) >= 11 is 0. The molecule has 0 atom stereocenters. The molecule has 1 aromatic heterocycles. The number of halogens is 1. The standard InChI is InChI=1S/C10H14FN3O/c1-3-14(2)10(15)7-13-8-4-5-12-9(11)6-8/h4-6H,3,7H2,1-2H3,(H,12,13). The molecule has 82 valence electrons. The molecule has 0 saturated carbocycles. The number of anilines is 1. The fraction of sp³-hybridized carbons (Fsp3) is 0.400. The van der Waals surface area contributed by atoms with E-state index >= 15 is 0 Å². The van der Waals surface area contributed by atoms with Crippen molar-refractivity contribution in [3.05, 3.63) is 24.3 Å². The van der Waals surface area contributed by atoms with Gasteiger partial charge in [0.1, 0.15) is 0 Å². The number of carbonyl (C=O) groups excluding carboxylic acids is 1. The number of nitrogens with one attached hydrogen (secondary N) is 1. The third kappa shape index (κ3) is 3.53. The topological polar surface area (TPSA) is 45.2 Å². The summed E-state index contributed by atoms with van der Waals surface area (Å²) in [5.74, 6) is -0.592. The lowest BCUT2D eigenvalue weighted by molar-refractivity contribution is -0.127. The number of carbonyl (C=O) groups is 1. The summed E-state index contributed by atoms with van der Waals surface area (Å²) in [6, 6.07) is 2.86. The van der Waals surface area contributed by atoms with Gasteiger partial charge in [-0.15, -0.1) is 0 Å². The molecular formula is C10H14FN3O. The molecule has 15 heavy (non-hydrogen) atoms. The number of hydrogen-bond acceptors (Lipinski definition) is 3. The van der Waals surface area contributed by atoms with Crippen molar-refractivity contribution in [3.63, 3.8) is 0 Å². The van der Waals surface area contributed by atoms with E-state index in [2.05, 4.69) is 10.3 Å². The van der Waals surface area contributed by atoms with Crippen LogP contribution in [0.25, 0.3) is 0 Å². The number of likely N-dealkylation sites (N-methyl/N-ethyl adjacent to an activating group) is 1. The minimum Gasteiger partial charge on any atom is -0.376 e. The summed E-state index contributed by atoms with van der Waals surface area (Å²) in [6.45, 7) is 2.71. The third-order valence-corrected chi connectivity index (χ3v) is 2.07. The molecule has 1 N–H and O–H groups in total. The van der Waals surface area contributed by atoms with E-state index in [0.717, 1.165) is 0 Å². The van der Waals surface area contributed by atoms with E-state index in [1.807, 2.05) is 6.92 Å². The van der Waals surface area contributed by atoms with Gasteiger partial charge in [-0.3, -0.25) is 4.79 Å². The average Bonchev–Trinajstić information content (AvgIpc) is 2.25. The van der Waals surface area contributed by atoms with Crippen LogP contribution in [0.15, 0.2) is 18.3 Å². The van der Waals surface area contributed by atoms with Crippen LogP contribution < -0.4 is 5.32 Å². The van der Waals surface area contributed by atoms with Gasteiger partial charge in [0.15, 0.2) is 0 Å². The van der Waals surface area contributed by atoms with Crippen LogP contribution >= 0.6 is 0 Å². The maximum atomic E-state index is 12.7. The summed E-state index contributed by atoms with van der Waals surface area (Å²) < 4.78 is 12.7. The van der Waals surface area contributed by atoms with Crippen LogP contribution in [0.3, 0.4) is 0 Å². The minimum atomic E-state index is -0.559. The largest absolute Gasteiger partial charge is 0.376 e. The van der Waals surface area contributed by atoms with Crippen LogP contribution in [0.4, 0.5) is 10.1 Å². The summed E-state index contributed by atoms with van der Waals surface area (Å²) in [4.78, 5) is 16.4. The SMILES string of the molecule is CCN(C)C(=O)CNc1ccnc(F)c1. The normalized spacial score (nSPS) is 9.80. The Morgan fingerprint density at radius 3 is 3.00 bits per heavy atom. The monoisotopic (exact) mass is 211 g/mol. The van der Waals surface area contributed by atoms with Crippen molar-refractivity contribution in [3.8, 4) is 0 Å². The first-order valence-electron chi connectivity index (χ1n) is 4.73. The first-order valence-corrected chi connectivity index (χ1v) is 4.73. The zero-order valence-electron chi connectivity index (χ0n) is 8.83. The Morgan fingerprint density at radius 2 is 2.40 bits per heavy atom. The number of rotatable bonds is 4. The van der Waals surface area contributed by atoms with Gasteiger partial charge < -0.3 is 10.2 Å². The zero-order valence-corrected chi connectivity index (χ0v) is 8.83. The lowest BCUT2D eigenvalue weighted by atomic mass is 10.4. The molecule has 0 saturated heterocycles. The fourth-order valence-corrected chi connectivity index (χ4v) is 1.00. The van der Waals surface area contributed by atoms with E-state index < -0.39 is 5.95 Å². The molecule has 0 aliphatic heterocycles. The number of amides is 1. The van der Waals surface area contributed by atoms with E-state index in [1.165, 1.54) is 12.3 Å². The highest BCUT2D eigenvalue weighted by molar-refractivity contribution is 5.80. The fourth-order valence-electron chi connectivity index (χ4n) is 1.00. The van der Waals surface area contributed by atoms with Crippen molar-refractivity contribution >= 4 is 11.6 Å². The van der Waals surface area contributed by atoms with Gasteiger partial charge in [0.25, 0.3) is 0 Å². The van der Waals surface area contributed by atoms with Gasteiger partial charge in [-0.05, 0) is 13.0 Å². The van der Waals surface area contributed by atoms with Crippen LogP contribution in [-0.4, -0.2) is 35.9 Å². The first kappa shape index (κ1) is 11.4. The van der Waals surface area contributed by atoms with Crippen LogP contribution in [0, 0.1) is 5.95 Å². The quantitative estimate of drug-likeness (QED) is 0.759. The second-order valence-corrected chi connectivity index (χ2v) is 3.13. The molecule has 0 radical (unpaired) electrons. The molecule has 0 aromatic carbocycles. The number of pyridine rings is 1. The lowest BCUT2D eigenvalue weighted by Crippen LogP contribution is -2.31. The van der Waals surface area contributed by atoms with Gasteiger partial charge in [0.2, 0.25) is 11.9 Å². The third-order valence-electron chi connectivity index (χ3n) is 2.07. The Balaban J connectivity index is 2.47. The lowest BCUT2D eigenvalue weighted by Gasteiger charge is -2.15. The Kier molecular flexibility index (Phi) is 4.03. The molecule has 1 amide bonds. The highest BCUT2D eigenvalue weighted by Crippen LogP contribution is 2.05. The smallest absolute Gasteiger partial charge is 0.241 e. The molecule has 1 rings (SSSR count). The van der Waals surface area contributed by atoms with Crippen LogP contribution in [0.1, 0.15) is 6.92 Å². The number of hydrogen-bond donors (Lipinski definition) is 1. The molecule has 5 heteroatoms. The van der Waals surface area contributed by atoms with Crippen molar-refractivity contribution < 1.29 is 9.18 Å². The van der Waals surface area contributed by atoms with E-state index in [9.17, 15) is 9.18 Å². The molecule has 0 spiro atoms. The Labute approximate surface area is 88.1 Å². The van der Waals surface area contributed by atoms with E-state index in [4.69, 9.17) is 0 Å². The second kappa shape index (κ2) is 5.29. The van der Waals surface area contributed by atoms with Crippen LogP contribution in [-0.2, 0) is 4.79 Å². The molecular weight excluding hydrogens is 197 g/mol. The Hall–Kier alpha value is -1.65. The minimum absolute atomic E-state index is 0.0327. The van der Waals surface area contributed by atoms with Gasteiger partial charge in [0, 0.05) is 31.5 Å². The van der Waals surface area contributed by atoms with Crippen molar-refractivity contribution in [2.45, 2.75) is 6.92 Å². The molecule has 4 nitrogen and oxygen atoms in total. The van der Waals surface area contributed by atoms with Crippen LogP contribution in [0.2, 0.25) is 0 Å². The van der Waals surface area contributed by atoms with Crippen molar-refractivity contribution in [2.75, 3.05) is 25.5 Å². The van der Waals surface area contributed by atoms with Crippen molar-refractivity contribution in [1.29, 1.82) is 0 Å².